The Labute approximate surface area is 153 Å². The van der Waals surface area contributed by atoms with E-state index < -0.39 is 17.2 Å². The fourth-order valence-corrected chi connectivity index (χ4v) is 4.22. The minimum absolute atomic E-state index is 0.0134. The second-order valence-corrected chi connectivity index (χ2v) is 7.61. The number of nitrogens with two attached hydrogens (primary N) is 1. The van der Waals surface area contributed by atoms with Gasteiger partial charge >= 0.3 is 5.97 Å². The van der Waals surface area contributed by atoms with E-state index in [4.69, 9.17) is 5.73 Å². The first-order chi connectivity index (χ1) is 12.9. The van der Waals surface area contributed by atoms with Crippen LogP contribution in [0.15, 0.2) is 28.2 Å². The van der Waals surface area contributed by atoms with Gasteiger partial charge in [0.15, 0.2) is 11.6 Å². The lowest BCUT2D eigenvalue weighted by molar-refractivity contribution is 0.0695. The van der Waals surface area contributed by atoms with Gasteiger partial charge in [0, 0.05) is 31.4 Å². The molecule has 1 unspecified atom stereocenters. The lowest BCUT2D eigenvalue weighted by Gasteiger charge is -2.22. The van der Waals surface area contributed by atoms with E-state index in [1.54, 1.807) is 4.57 Å². The minimum Gasteiger partial charge on any atom is -0.477 e. The van der Waals surface area contributed by atoms with E-state index in [1.807, 2.05) is 4.90 Å². The Morgan fingerprint density at radius 3 is 2.74 bits per heavy atom. The van der Waals surface area contributed by atoms with Gasteiger partial charge in [0.05, 0.1) is 5.39 Å². The summed E-state index contributed by atoms with van der Waals surface area (Å²) >= 11 is 0. The number of fused-ring (bicyclic) bond motifs is 1. The third-order valence-corrected chi connectivity index (χ3v) is 5.81. The van der Waals surface area contributed by atoms with Crippen molar-refractivity contribution in [2.45, 2.75) is 37.8 Å². The summed E-state index contributed by atoms with van der Waals surface area (Å²) in [5, 5.41) is 9.33. The Bertz CT molecular complexity index is 1090. The van der Waals surface area contributed by atoms with Crippen molar-refractivity contribution in [3.05, 3.63) is 45.0 Å². The van der Waals surface area contributed by atoms with E-state index in [1.165, 1.54) is 11.8 Å². The summed E-state index contributed by atoms with van der Waals surface area (Å²) < 4.78 is 16.6. The molecule has 1 saturated carbocycles. The number of hydrogen-bond acceptors (Lipinski definition) is 5. The number of halogens is 1. The van der Waals surface area contributed by atoms with Crippen LogP contribution >= 0.6 is 0 Å². The van der Waals surface area contributed by atoms with Crippen LogP contribution in [0, 0.1) is 5.82 Å². The SMILES string of the molecule is NC1CCC2=C1CN(c1nc3c(cc1F)c(=O)c(C(=O)O)cn3C1CC1)C2. The molecular weight excluding hydrogens is 351 g/mol. The van der Waals surface area contributed by atoms with Crippen molar-refractivity contribution in [2.24, 2.45) is 5.73 Å². The molecule has 0 spiro atoms. The van der Waals surface area contributed by atoms with Crippen molar-refractivity contribution in [3.63, 3.8) is 0 Å². The van der Waals surface area contributed by atoms with Crippen LogP contribution in [0.1, 0.15) is 42.1 Å². The summed E-state index contributed by atoms with van der Waals surface area (Å²) in [6.07, 6.45) is 4.99. The Balaban J connectivity index is 1.65. The molecule has 2 aromatic rings. The van der Waals surface area contributed by atoms with Crippen LogP contribution in [-0.2, 0) is 0 Å². The molecule has 1 aliphatic heterocycles. The average Bonchev–Trinajstić information content (AvgIpc) is 3.29. The Kier molecular flexibility index (Phi) is 3.42. The molecule has 0 bridgehead atoms. The number of nitrogens with zero attached hydrogens (tertiary/aromatic N) is 3. The third-order valence-electron chi connectivity index (χ3n) is 5.81. The maximum Gasteiger partial charge on any atom is 0.341 e. The van der Waals surface area contributed by atoms with Gasteiger partial charge in [-0.05, 0) is 42.9 Å². The summed E-state index contributed by atoms with van der Waals surface area (Å²) in [6.45, 7) is 1.14. The molecule has 1 fully saturated rings. The highest BCUT2D eigenvalue weighted by Gasteiger charge is 2.33. The summed E-state index contributed by atoms with van der Waals surface area (Å²) in [4.78, 5) is 30.3. The molecule has 1 atom stereocenters. The monoisotopic (exact) mass is 370 g/mol. The zero-order valence-corrected chi connectivity index (χ0v) is 14.6. The van der Waals surface area contributed by atoms with Gasteiger partial charge in [-0.1, -0.05) is 0 Å². The molecule has 7 nitrogen and oxygen atoms in total. The van der Waals surface area contributed by atoms with Crippen molar-refractivity contribution in [1.29, 1.82) is 0 Å². The van der Waals surface area contributed by atoms with Crippen LogP contribution in [0.3, 0.4) is 0 Å². The number of aromatic nitrogens is 2. The minimum atomic E-state index is -1.31. The van der Waals surface area contributed by atoms with Gasteiger partial charge in [-0.3, -0.25) is 4.79 Å². The molecule has 27 heavy (non-hydrogen) atoms. The normalized spacial score (nSPS) is 22.0. The number of carboxylic acids is 1. The first kappa shape index (κ1) is 16.4. The van der Waals surface area contributed by atoms with Gasteiger partial charge in [-0.2, -0.15) is 0 Å². The van der Waals surface area contributed by atoms with Crippen LogP contribution in [0.4, 0.5) is 10.2 Å². The maximum atomic E-state index is 14.9. The summed E-state index contributed by atoms with van der Waals surface area (Å²) in [6, 6.07) is 1.26. The topological polar surface area (TPSA) is 101 Å². The smallest absolute Gasteiger partial charge is 0.341 e. The lowest BCUT2D eigenvalue weighted by Crippen LogP contribution is -2.29. The van der Waals surface area contributed by atoms with Gasteiger partial charge in [-0.15, -0.1) is 0 Å². The molecule has 0 aromatic carbocycles. The van der Waals surface area contributed by atoms with E-state index in [9.17, 15) is 19.1 Å². The second kappa shape index (κ2) is 5.63. The van der Waals surface area contributed by atoms with Gasteiger partial charge < -0.3 is 20.3 Å². The predicted octanol–water partition coefficient (Wildman–Crippen LogP) is 1.81. The van der Waals surface area contributed by atoms with Crippen LogP contribution in [0.25, 0.3) is 11.0 Å². The quantitative estimate of drug-likeness (QED) is 0.799. The second-order valence-electron chi connectivity index (χ2n) is 7.61. The zero-order chi connectivity index (χ0) is 18.9. The van der Waals surface area contributed by atoms with Crippen LogP contribution in [0.5, 0.6) is 0 Å². The van der Waals surface area contributed by atoms with Crippen LogP contribution < -0.4 is 16.1 Å². The molecule has 5 rings (SSSR count). The zero-order valence-electron chi connectivity index (χ0n) is 14.6. The van der Waals surface area contributed by atoms with Crippen molar-refractivity contribution >= 4 is 22.8 Å². The van der Waals surface area contributed by atoms with Crippen LogP contribution in [-0.4, -0.2) is 39.8 Å². The summed E-state index contributed by atoms with van der Waals surface area (Å²) in [5.74, 6) is -1.73. The van der Waals surface area contributed by atoms with Crippen molar-refractivity contribution < 1.29 is 14.3 Å². The fourth-order valence-electron chi connectivity index (χ4n) is 4.22. The molecule has 8 heteroatoms. The Morgan fingerprint density at radius 1 is 1.30 bits per heavy atom. The van der Waals surface area contributed by atoms with Gasteiger partial charge in [-0.25, -0.2) is 14.2 Å². The summed E-state index contributed by atoms with van der Waals surface area (Å²) in [5.41, 5.74) is 7.84. The highest BCUT2D eigenvalue weighted by Crippen LogP contribution is 2.38. The number of rotatable bonds is 3. The fraction of sp³-hybridized carbons (Fsp3) is 0.421. The Hall–Kier alpha value is -2.74. The molecular formula is C19H19FN4O3. The molecule has 0 saturated heterocycles. The highest BCUT2D eigenvalue weighted by atomic mass is 19.1. The molecule has 140 valence electrons. The molecule has 2 aliphatic carbocycles. The number of anilines is 1. The highest BCUT2D eigenvalue weighted by molar-refractivity contribution is 5.92. The predicted molar refractivity (Wildman–Crippen MR) is 97.6 cm³/mol. The number of carbonyl (C=O) groups is 1. The Morgan fingerprint density at radius 2 is 2.07 bits per heavy atom. The molecule has 2 aromatic heterocycles. The van der Waals surface area contributed by atoms with Crippen molar-refractivity contribution in [3.8, 4) is 0 Å². The first-order valence-electron chi connectivity index (χ1n) is 9.14. The number of aromatic carboxylic acids is 1. The molecule has 0 amide bonds. The van der Waals surface area contributed by atoms with Gasteiger partial charge in [0.1, 0.15) is 11.2 Å². The van der Waals surface area contributed by atoms with E-state index in [-0.39, 0.29) is 28.9 Å². The number of carboxylic acid groups (broad SMARTS) is 1. The van der Waals surface area contributed by atoms with Gasteiger partial charge in [0.25, 0.3) is 0 Å². The molecule has 3 N–H and O–H groups in total. The van der Waals surface area contributed by atoms with Crippen molar-refractivity contribution in [2.75, 3.05) is 18.0 Å². The average molecular weight is 370 g/mol. The van der Waals surface area contributed by atoms with E-state index in [2.05, 4.69) is 4.98 Å². The molecule has 0 radical (unpaired) electrons. The largest absolute Gasteiger partial charge is 0.477 e. The maximum absolute atomic E-state index is 14.9. The first-order valence-corrected chi connectivity index (χ1v) is 9.14. The molecule has 3 aliphatic rings. The number of hydrogen-bond donors (Lipinski definition) is 2. The van der Waals surface area contributed by atoms with E-state index in [0.717, 1.165) is 37.3 Å². The molecule has 3 heterocycles. The van der Waals surface area contributed by atoms with E-state index in [0.29, 0.717) is 18.7 Å². The lowest BCUT2D eigenvalue weighted by atomic mass is 10.1. The van der Waals surface area contributed by atoms with Crippen LogP contribution in [0.2, 0.25) is 0 Å². The van der Waals surface area contributed by atoms with E-state index >= 15 is 0 Å². The van der Waals surface area contributed by atoms with Crippen molar-refractivity contribution in [1.82, 2.24) is 9.55 Å². The third kappa shape index (κ3) is 2.47. The summed E-state index contributed by atoms with van der Waals surface area (Å²) in [7, 11) is 0. The number of pyridine rings is 2. The standard InChI is InChI=1S/C19H19FN4O3/c20-14-5-11-16(25)13(19(26)27)8-24(10-2-3-10)17(11)22-18(14)23-6-9-1-4-15(21)12(9)7-23/h5,8,10,15H,1-4,6-7,21H2,(H,26,27). The van der Waals surface area contributed by atoms with Gasteiger partial charge in [0.2, 0.25) is 5.43 Å².